The van der Waals surface area contributed by atoms with Crippen LogP contribution >= 0.6 is 11.6 Å². The van der Waals surface area contributed by atoms with Crippen molar-refractivity contribution in [3.63, 3.8) is 0 Å². The summed E-state index contributed by atoms with van der Waals surface area (Å²) < 4.78 is 36.9. The smallest absolute Gasteiger partial charge is 0.330 e. The summed E-state index contributed by atoms with van der Waals surface area (Å²) in [4.78, 5) is 3.50. The number of halogens is 4. The summed E-state index contributed by atoms with van der Waals surface area (Å²) in [5, 5.41) is 0.108. The second-order valence-corrected chi connectivity index (χ2v) is 3.42. The molecule has 2 nitrogen and oxygen atoms in total. The van der Waals surface area contributed by atoms with Gasteiger partial charge < -0.3 is 5.73 Å². The average molecular weight is 239 g/mol. The van der Waals surface area contributed by atoms with E-state index in [0.29, 0.717) is 24.9 Å². The van der Waals surface area contributed by atoms with E-state index in [1.54, 1.807) is 0 Å². The van der Waals surface area contributed by atoms with Gasteiger partial charge >= 0.3 is 6.18 Å². The van der Waals surface area contributed by atoms with Crippen LogP contribution in [0.25, 0.3) is 0 Å². The molecule has 0 aliphatic heterocycles. The van der Waals surface area contributed by atoms with Gasteiger partial charge in [0, 0.05) is 6.20 Å². The highest BCUT2D eigenvalue weighted by Gasteiger charge is 2.31. The van der Waals surface area contributed by atoms with Crippen LogP contribution in [-0.2, 0) is 12.6 Å². The Labute approximate surface area is 90.3 Å². The highest BCUT2D eigenvalue weighted by molar-refractivity contribution is 6.30. The van der Waals surface area contributed by atoms with E-state index in [4.69, 9.17) is 17.3 Å². The Morgan fingerprint density at radius 1 is 1.40 bits per heavy atom. The standard InChI is InChI=1S/C9H10ClF3N2/c10-8-6(2-1-3-14)4-7(5-15-8)9(11,12)13/h4-5H,1-3,14H2. The molecule has 0 unspecified atom stereocenters. The first kappa shape index (κ1) is 12.3. The van der Waals surface area contributed by atoms with Crippen molar-refractivity contribution >= 4 is 11.6 Å². The number of nitrogens with two attached hydrogens (primary N) is 1. The molecule has 0 aliphatic carbocycles. The summed E-state index contributed by atoms with van der Waals surface area (Å²) in [5.41, 5.74) is 4.87. The molecule has 0 aliphatic rings. The van der Waals surface area contributed by atoms with Gasteiger partial charge in [0.05, 0.1) is 5.56 Å². The molecule has 0 saturated carbocycles. The minimum Gasteiger partial charge on any atom is -0.330 e. The van der Waals surface area contributed by atoms with Gasteiger partial charge in [0.2, 0.25) is 0 Å². The summed E-state index contributed by atoms with van der Waals surface area (Å²) in [6, 6.07) is 1.02. The third-order valence-electron chi connectivity index (χ3n) is 1.89. The van der Waals surface area contributed by atoms with E-state index in [-0.39, 0.29) is 5.15 Å². The number of hydrogen-bond donors (Lipinski definition) is 1. The second kappa shape index (κ2) is 4.81. The number of hydrogen-bond acceptors (Lipinski definition) is 2. The van der Waals surface area contributed by atoms with Crippen molar-refractivity contribution in [3.05, 3.63) is 28.5 Å². The van der Waals surface area contributed by atoms with Crippen LogP contribution in [0, 0.1) is 0 Å². The molecular formula is C9H10ClF3N2. The summed E-state index contributed by atoms with van der Waals surface area (Å²) in [7, 11) is 0. The quantitative estimate of drug-likeness (QED) is 0.823. The van der Waals surface area contributed by atoms with Gasteiger partial charge in [-0.05, 0) is 31.0 Å². The minimum atomic E-state index is -4.38. The number of nitrogens with zero attached hydrogens (tertiary/aromatic N) is 1. The lowest BCUT2D eigenvalue weighted by Crippen LogP contribution is -2.08. The third-order valence-corrected chi connectivity index (χ3v) is 2.23. The molecule has 0 bridgehead atoms. The molecule has 2 N–H and O–H groups in total. The summed E-state index contributed by atoms with van der Waals surface area (Å²) in [6.45, 7) is 0.409. The van der Waals surface area contributed by atoms with E-state index in [2.05, 4.69) is 4.98 Å². The van der Waals surface area contributed by atoms with Crippen LogP contribution in [0.1, 0.15) is 17.5 Å². The van der Waals surface area contributed by atoms with Gasteiger partial charge in [0.1, 0.15) is 5.15 Å². The molecule has 84 valence electrons. The number of alkyl halides is 3. The first-order chi connectivity index (χ1) is 6.95. The van der Waals surface area contributed by atoms with Crippen molar-refractivity contribution in [3.8, 4) is 0 Å². The zero-order chi connectivity index (χ0) is 11.5. The fourth-order valence-electron chi connectivity index (χ4n) is 1.12. The molecule has 0 aromatic carbocycles. The van der Waals surface area contributed by atoms with Crippen LogP contribution in [0.5, 0.6) is 0 Å². The van der Waals surface area contributed by atoms with Crippen molar-refractivity contribution in [2.45, 2.75) is 19.0 Å². The van der Waals surface area contributed by atoms with E-state index >= 15 is 0 Å². The van der Waals surface area contributed by atoms with E-state index < -0.39 is 11.7 Å². The van der Waals surface area contributed by atoms with Gasteiger partial charge in [-0.2, -0.15) is 13.2 Å². The predicted octanol–water partition coefficient (Wildman–Crippen LogP) is 2.65. The fourth-order valence-corrected chi connectivity index (χ4v) is 1.31. The van der Waals surface area contributed by atoms with Gasteiger partial charge in [0.15, 0.2) is 0 Å². The van der Waals surface area contributed by atoms with Gasteiger partial charge in [-0.25, -0.2) is 4.98 Å². The maximum atomic E-state index is 12.3. The molecule has 0 radical (unpaired) electrons. The first-order valence-corrected chi connectivity index (χ1v) is 4.74. The van der Waals surface area contributed by atoms with Gasteiger partial charge in [-0.1, -0.05) is 11.6 Å². The Balaban J connectivity index is 2.95. The third kappa shape index (κ3) is 3.35. The first-order valence-electron chi connectivity index (χ1n) is 4.37. The lowest BCUT2D eigenvalue weighted by Gasteiger charge is -2.09. The molecule has 6 heteroatoms. The topological polar surface area (TPSA) is 38.9 Å². The molecule has 1 aromatic heterocycles. The molecule has 0 fully saturated rings. The van der Waals surface area contributed by atoms with E-state index in [1.807, 2.05) is 0 Å². The highest BCUT2D eigenvalue weighted by atomic mass is 35.5. The van der Waals surface area contributed by atoms with Crippen LogP contribution in [0.15, 0.2) is 12.3 Å². The zero-order valence-electron chi connectivity index (χ0n) is 7.81. The van der Waals surface area contributed by atoms with Crippen LogP contribution in [0.3, 0.4) is 0 Å². The maximum absolute atomic E-state index is 12.3. The van der Waals surface area contributed by atoms with Crippen LogP contribution in [0.2, 0.25) is 5.15 Å². The number of aromatic nitrogens is 1. The number of aryl methyl sites for hydroxylation is 1. The predicted molar refractivity (Wildman–Crippen MR) is 51.6 cm³/mol. The summed E-state index contributed by atoms with van der Waals surface area (Å²) >= 11 is 5.66. The fraction of sp³-hybridized carbons (Fsp3) is 0.444. The molecule has 1 rings (SSSR count). The van der Waals surface area contributed by atoms with Crippen molar-refractivity contribution in [2.24, 2.45) is 5.73 Å². The average Bonchev–Trinajstić information content (AvgIpc) is 2.15. The Morgan fingerprint density at radius 3 is 2.60 bits per heavy atom. The van der Waals surface area contributed by atoms with Gasteiger partial charge in [-0.3, -0.25) is 0 Å². The molecular weight excluding hydrogens is 229 g/mol. The Kier molecular flexibility index (Phi) is 3.93. The highest BCUT2D eigenvalue weighted by Crippen LogP contribution is 2.30. The number of pyridine rings is 1. The largest absolute Gasteiger partial charge is 0.417 e. The minimum absolute atomic E-state index is 0.108. The SMILES string of the molecule is NCCCc1cc(C(F)(F)F)cnc1Cl. The molecule has 1 aromatic rings. The lowest BCUT2D eigenvalue weighted by atomic mass is 10.1. The van der Waals surface area contributed by atoms with E-state index in [9.17, 15) is 13.2 Å². The van der Waals surface area contributed by atoms with Crippen LogP contribution in [0.4, 0.5) is 13.2 Å². The summed E-state index contributed by atoms with van der Waals surface area (Å²) in [6.07, 6.45) is -2.65. The normalized spacial score (nSPS) is 11.8. The van der Waals surface area contributed by atoms with Crippen LogP contribution < -0.4 is 5.73 Å². The molecule has 1 heterocycles. The molecule has 0 amide bonds. The molecule has 15 heavy (non-hydrogen) atoms. The van der Waals surface area contributed by atoms with Crippen molar-refractivity contribution in [1.29, 1.82) is 0 Å². The number of rotatable bonds is 3. The Bertz CT molecular complexity index is 339. The Hall–Kier alpha value is -0.810. The Morgan fingerprint density at radius 2 is 2.07 bits per heavy atom. The molecule has 0 atom stereocenters. The zero-order valence-corrected chi connectivity index (χ0v) is 8.57. The monoisotopic (exact) mass is 238 g/mol. The van der Waals surface area contributed by atoms with Crippen molar-refractivity contribution < 1.29 is 13.2 Å². The van der Waals surface area contributed by atoms with Gasteiger partial charge in [-0.15, -0.1) is 0 Å². The second-order valence-electron chi connectivity index (χ2n) is 3.06. The lowest BCUT2D eigenvalue weighted by molar-refractivity contribution is -0.137. The van der Waals surface area contributed by atoms with E-state index in [1.165, 1.54) is 0 Å². The molecule has 0 saturated heterocycles. The maximum Gasteiger partial charge on any atom is 0.417 e. The van der Waals surface area contributed by atoms with Crippen molar-refractivity contribution in [1.82, 2.24) is 4.98 Å². The van der Waals surface area contributed by atoms with E-state index in [0.717, 1.165) is 12.3 Å². The molecule has 0 spiro atoms. The van der Waals surface area contributed by atoms with Crippen molar-refractivity contribution in [2.75, 3.05) is 6.54 Å². The van der Waals surface area contributed by atoms with Gasteiger partial charge in [0.25, 0.3) is 0 Å². The van der Waals surface area contributed by atoms with Crippen LogP contribution in [-0.4, -0.2) is 11.5 Å². The summed E-state index contributed by atoms with van der Waals surface area (Å²) in [5.74, 6) is 0.